The Balaban J connectivity index is 1.35. The Bertz CT molecular complexity index is 1590. The zero-order chi connectivity index (χ0) is 26.1. The minimum atomic E-state index is -0.270. The molecule has 0 fully saturated rings. The largest absolute Gasteiger partial charge is 0.477 e. The van der Waals surface area contributed by atoms with Gasteiger partial charge in [0.15, 0.2) is 0 Å². The third kappa shape index (κ3) is 4.64. The normalized spacial score (nSPS) is 13.4. The van der Waals surface area contributed by atoms with Crippen molar-refractivity contribution in [1.29, 1.82) is 0 Å². The lowest BCUT2D eigenvalue weighted by molar-refractivity contribution is 0.0917. The molecule has 0 radical (unpaired) electrons. The Morgan fingerprint density at radius 1 is 0.816 bits per heavy atom. The van der Waals surface area contributed by atoms with E-state index in [0.29, 0.717) is 24.3 Å². The third-order valence-corrected chi connectivity index (χ3v) is 7.69. The van der Waals surface area contributed by atoms with Crippen LogP contribution in [0.3, 0.4) is 0 Å². The molecular formula is C34H31NO3. The summed E-state index contributed by atoms with van der Waals surface area (Å²) in [6, 6.07) is 33.6. The molecule has 0 unspecified atom stereocenters. The molecule has 0 amide bonds. The van der Waals surface area contributed by atoms with Crippen LogP contribution in [-0.2, 0) is 13.0 Å². The average molecular weight is 502 g/mol. The summed E-state index contributed by atoms with van der Waals surface area (Å²) in [5.41, 5.74) is 7.76. The van der Waals surface area contributed by atoms with Crippen molar-refractivity contribution in [2.24, 2.45) is 0 Å². The highest BCUT2D eigenvalue weighted by molar-refractivity contribution is 5.87. The summed E-state index contributed by atoms with van der Waals surface area (Å²) < 4.78 is 12.2. The second kappa shape index (κ2) is 10.3. The number of hydrogen-bond donors (Lipinski definition) is 0. The van der Waals surface area contributed by atoms with Crippen LogP contribution in [0.4, 0.5) is 0 Å². The van der Waals surface area contributed by atoms with E-state index < -0.39 is 0 Å². The van der Waals surface area contributed by atoms with Gasteiger partial charge in [-0.25, -0.2) is 4.79 Å². The van der Waals surface area contributed by atoms with Crippen LogP contribution in [0.5, 0.6) is 5.75 Å². The van der Waals surface area contributed by atoms with E-state index in [9.17, 15) is 4.79 Å². The van der Waals surface area contributed by atoms with Gasteiger partial charge in [0, 0.05) is 47.5 Å². The van der Waals surface area contributed by atoms with E-state index in [1.807, 2.05) is 44.2 Å². The Kier molecular flexibility index (Phi) is 6.57. The lowest BCUT2D eigenvalue weighted by atomic mass is 9.90. The van der Waals surface area contributed by atoms with E-state index in [0.717, 1.165) is 46.5 Å². The number of rotatable bonds is 6. The van der Waals surface area contributed by atoms with Crippen LogP contribution in [0.15, 0.2) is 106 Å². The van der Waals surface area contributed by atoms with Crippen molar-refractivity contribution in [1.82, 2.24) is 4.90 Å². The van der Waals surface area contributed by atoms with Crippen LogP contribution in [0.1, 0.15) is 44.9 Å². The standard InChI is InChI=1S/C34H31NO3/c1-23-29-19-28-20-35(21-31(26-14-8-4-9-15-26)27-16-10-5-11-17-27)22-37-32(28)24(2)33(29)38-34(36)30(23)18-25-12-6-3-7-13-25/h3-17,19,31H,18,20-22H2,1-2H3. The Hall–Kier alpha value is -4.15. The number of aryl methyl sites for hydroxylation is 2. The van der Waals surface area contributed by atoms with Crippen molar-refractivity contribution in [3.05, 3.63) is 146 Å². The molecule has 1 aromatic heterocycles. The van der Waals surface area contributed by atoms with Crippen LogP contribution >= 0.6 is 0 Å². The highest BCUT2D eigenvalue weighted by atomic mass is 16.5. The van der Waals surface area contributed by atoms with Crippen LogP contribution in [-0.4, -0.2) is 18.2 Å². The highest BCUT2D eigenvalue weighted by Crippen LogP contribution is 2.37. The Morgan fingerprint density at radius 3 is 2.05 bits per heavy atom. The van der Waals surface area contributed by atoms with Crippen molar-refractivity contribution in [3.63, 3.8) is 0 Å². The third-order valence-electron chi connectivity index (χ3n) is 7.69. The van der Waals surface area contributed by atoms with Gasteiger partial charge in [-0.15, -0.1) is 0 Å². The molecule has 5 aromatic rings. The van der Waals surface area contributed by atoms with Gasteiger partial charge >= 0.3 is 5.63 Å². The van der Waals surface area contributed by atoms with Crippen molar-refractivity contribution in [2.75, 3.05) is 13.3 Å². The number of nitrogens with zero attached hydrogens (tertiary/aromatic N) is 1. The van der Waals surface area contributed by atoms with E-state index in [1.165, 1.54) is 11.1 Å². The SMILES string of the molecule is Cc1c(Cc2ccccc2)c(=O)oc2c(C)c3c(cc12)CN(CC(c1ccccc1)c1ccccc1)CO3. The van der Waals surface area contributed by atoms with E-state index in [4.69, 9.17) is 9.15 Å². The van der Waals surface area contributed by atoms with E-state index in [2.05, 4.69) is 71.6 Å². The summed E-state index contributed by atoms with van der Waals surface area (Å²) >= 11 is 0. The number of hydrogen-bond acceptors (Lipinski definition) is 4. The first kappa shape index (κ1) is 24.2. The summed E-state index contributed by atoms with van der Waals surface area (Å²) in [7, 11) is 0. The first-order valence-electron chi connectivity index (χ1n) is 13.2. The molecule has 0 atom stereocenters. The van der Waals surface area contributed by atoms with Gasteiger partial charge in [0.25, 0.3) is 0 Å². The number of benzene rings is 4. The fraction of sp³-hybridized carbons (Fsp3) is 0.206. The van der Waals surface area contributed by atoms with Gasteiger partial charge in [-0.05, 0) is 42.2 Å². The van der Waals surface area contributed by atoms with Crippen LogP contribution < -0.4 is 10.4 Å². The maximum absolute atomic E-state index is 13.0. The smallest absolute Gasteiger partial charge is 0.340 e. The lowest BCUT2D eigenvalue weighted by Gasteiger charge is -2.33. The Morgan fingerprint density at radius 2 is 1.42 bits per heavy atom. The van der Waals surface area contributed by atoms with Gasteiger partial charge in [0.1, 0.15) is 18.1 Å². The predicted molar refractivity (Wildman–Crippen MR) is 152 cm³/mol. The summed E-state index contributed by atoms with van der Waals surface area (Å²) in [5, 5.41) is 0.986. The summed E-state index contributed by atoms with van der Waals surface area (Å²) in [6.07, 6.45) is 0.555. The van der Waals surface area contributed by atoms with Gasteiger partial charge in [0.05, 0.1) is 0 Å². The van der Waals surface area contributed by atoms with E-state index >= 15 is 0 Å². The van der Waals surface area contributed by atoms with Gasteiger partial charge in [0.2, 0.25) is 0 Å². The second-order valence-corrected chi connectivity index (χ2v) is 10.2. The molecule has 6 rings (SSSR count). The maximum Gasteiger partial charge on any atom is 0.340 e. The van der Waals surface area contributed by atoms with Crippen molar-refractivity contribution < 1.29 is 9.15 Å². The topological polar surface area (TPSA) is 42.7 Å². The van der Waals surface area contributed by atoms with Crippen LogP contribution in [0.25, 0.3) is 11.0 Å². The molecule has 190 valence electrons. The van der Waals surface area contributed by atoms with Crippen molar-refractivity contribution in [2.45, 2.75) is 32.7 Å². The zero-order valence-electron chi connectivity index (χ0n) is 21.8. The highest BCUT2D eigenvalue weighted by Gasteiger charge is 2.26. The fourth-order valence-corrected chi connectivity index (χ4v) is 5.65. The molecule has 1 aliphatic rings. The van der Waals surface area contributed by atoms with Gasteiger partial charge in [-0.3, -0.25) is 4.90 Å². The minimum Gasteiger partial charge on any atom is -0.477 e. The number of ether oxygens (including phenoxy) is 1. The zero-order valence-corrected chi connectivity index (χ0v) is 21.8. The van der Waals surface area contributed by atoms with Crippen molar-refractivity contribution >= 4 is 11.0 Å². The molecule has 0 saturated carbocycles. The summed E-state index contributed by atoms with van der Waals surface area (Å²) in [5.74, 6) is 1.07. The first-order chi connectivity index (χ1) is 18.6. The molecule has 38 heavy (non-hydrogen) atoms. The van der Waals surface area contributed by atoms with Gasteiger partial charge in [-0.1, -0.05) is 91.0 Å². The van der Waals surface area contributed by atoms with E-state index in [-0.39, 0.29) is 11.5 Å². The van der Waals surface area contributed by atoms with Crippen molar-refractivity contribution in [3.8, 4) is 5.75 Å². The molecule has 4 aromatic carbocycles. The van der Waals surface area contributed by atoms with E-state index in [1.54, 1.807) is 0 Å². The quantitative estimate of drug-likeness (QED) is 0.235. The molecule has 2 heterocycles. The minimum absolute atomic E-state index is 0.237. The molecule has 0 spiro atoms. The molecule has 0 aliphatic carbocycles. The number of fused-ring (bicyclic) bond motifs is 2. The predicted octanol–water partition coefficient (Wildman–Crippen LogP) is 6.98. The Labute approximate surface area is 223 Å². The molecule has 0 N–H and O–H groups in total. The van der Waals surface area contributed by atoms with Gasteiger partial charge < -0.3 is 9.15 Å². The molecule has 1 aliphatic heterocycles. The summed E-state index contributed by atoms with van der Waals surface area (Å²) in [6.45, 7) is 6.13. The molecule has 0 saturated heterocycles. The molecule has 0 bridgehead atoms. The first-order valence-corrected chi connectivity index (χ1v) is 13.2. The van der Waals surface area contributed by atoms with Crippen LogP contribution in [0, 0.1) is 13.8 Å². The summed E-state index contributed by atoms with van der Waals surface area (Å²) in [4.78, 5) is 15.4. The maximum atomic E-state index is 13.0. The average Bonchev–Trinajstić information content (AvgIpc) is 2.96. The molecule has 4 heteroatoms. The lowest BCUT2D eigenvalue weighted by Crippen LogP contribution is -2.35. The fourth-order valence-electron chi connectivity index (χ4n) is 5.65. The monoisotopic (exact) mass is 501 g/mol. The molecular weight excluding hydrogens is 470 g/mol. The van der Waals surface area contributed by atoms with Gasteiger partial charge in [-0.2, -0.15) is 0 Å². The molecule has 4 nitrogen and oxygen atoms in total. The second-order valence-electron chi connectivity index (χ2n) is 10.2. The van der Waals surface area contributed by atoms with Crippen LogP contribution in [0.2, 0.25) is 0 Å².